The largest absolute Gasteiger partial charge is 0.466 e. The van der Waals surface area contributed by atoms with E-state index in [2.05, 4.69) is 0 Å². The van der Waals surface area contributed by atoms with Gasteiger partial charge in [0.25, 0.3) is 0 Å². The van der Waals surface area contributed by atoms with E-state index in [1.165, 1.54) is 0 Å². The van der Waals surface area contributed by atoms with Gasteiger partial charge in [0, 0.05) is 24.6 Å². The summed E-state index contributed by atoms with van der Waals surface area (Å²) >= 11 is 0. The van der Waals surface area contributed by atoms with Crippen LogP contribution in [0.1, 0.15) is 91.4 Å². The fourth-order valence-corrected chi connectivity index (χ4v) is 3.70. The molecule has 0 aliphatic heterocycles. The van der Waals surface area contributed by atoms with Gasteiger partial charge in [0.05, 0.1) is 18.6 Å². The molecule has 0 aromatic heterocycles. The van der Waals surface area contributed by atoms with Crippen molar-refractivity contribution in [1.29, 1.82) is 0 Å². The van der Waals surface area contributed by atoms with Gasteiger partial charge < -0.3 is 14.2 Å². The van der Waals surface area contributed by atoms with Gasteiger partial charge in [0.15, 0.2) is 0 Å². The monoisotopic (exact) mass is 498 g/mol. The topological polar surface area (TPSA) is 78.9 Å². The van der Waals surface area contributed by atoms with E-state index in [0.717, 1.165) is 62.1 Å². The van der Waals surface area contributed by atoms with Crippen LogP contribution in [-0.4, -0.2) is 31.1 Å². The van der Waals surface area contributed by atoms with Crippen LogP contribution in [-0.2, 0) is 23.9 Å². The Balaban J connectivity index is 1.42. The summed E-state index contributed by atoms with van der Waals surface area (Å²) in [6.07, 6.45) is 8.93. The fourth-order valence-electron chi connectivity index (χ4n) is 3.70. The van der Waals surface area contributed by atoms with Crippen LogP contribution in [0.15, 0.2) is 42.5 Å². The molecule has 2 rings (SSSR count). The number of hydrogen-bond acceptors (Lipinski definition) is 6. The zero-order valence-electron chi connectivity index (χ0n) is 22.2. The highest BCUT2D eigenvalue weighted by Gasteiger charge is 2.26. The lowest BCUT2D eigenvalue weighted by atomic mass is 9.91. The van der Waals surface area contributed by atoms with E-state index < -0.39 is 5.41 Å². The van der Waals surface area contributed by atoms with Crippen LogP contribution in [0.25, 0.3) is 10.8 Å². The molecule has 0 aliphatic rings. The molecular formula is C30H42O6. The summed E-state index contributed by atoms with van der Waals surface area (Å²) < 4.78 is 16.0. The van der Waals surface area contributed by atoms with Gasteiger partial charge in [-0.1, -0.05) is 75.4 Å². The maximum Gasteiger partial charge on any atom is 0.311 e. The van der Waals surface area contributed by atoms with Crippen molar-refractivity contribution < 1.29 is 28.6 Å². The van der Waals surface area contributed by atoms with Crippen LogP contribution >= 0.6 is 0 Å². The Kier molecular flexibility index (Phi) is 13.0. The number of hydrogen-bond donors (Lipinski definition) is 0. The number of rotatable bonds is 17. The molecule has 0 N–H and O–H groups in total. The summed E-state index contributed by atoms with van der Waals surface area (Å²) in [5.41, 5.74) is -0.472. The fraction of sp³-hybridized carbons (Fsp3) is 0.567. The van der Waals surface area contributed by atoms with Crippen molar-refractivity contribution >= 4 is 28.7 Å². The first-order chi connectivity index (χ1) is 17.3. The van der Waals surface area contributed by atoms with Crippen molar-refractivity contribution in [3.8, 4) is 5.75 Å². The molecule has 2 aromatic carbocycles. The Morgan fingerprint density at radius 2 is 1.28 bits per heavy atom. The highest BCUT2D eigenvalue weighted by atomic mass is 16.5. The summed E-state index contributed by atoms with van der Waals surface area (Å²) in [5.74, 6) is 0.0287. The Bertz CT molecular complexity index is 960. The molecule has 0 heterocycles. The minimum atomic E-state index is -0.472. The summed E-state index contributed by atoms with van der Waals surface area (Å²) in [6, 6.07) is 13.6. The molecule has 0 unspecified atom stereocenters. The molecule has 0 bridgehead atoms. The number of carbonyl (C=O) groups excluding carboxylic acids is 3. The van der Waals surface area contributed by atoms with E-state index in [-0.39, 0.29) is 31.1 Å². The number of unbranched alkanes of at least 4 members (excludes halogenated alkanes) is 6. The van der Waals surface area contributed by atoms with Gasteiger partial charge in [-0.3, -0.25) is 14.4 Å². The van der Waals surface area contributed by atoms with Gasteiger partial charge >= 0.3 is 17.9 Å². The number of benzene rings is 2. The minimum absolute atomic E-state index is 0.187. The predicted octanol–water partition coefficient (Wildman–Crippen LogP) is 7.17. The van der Waals surface area contributed by atoms with Crippen LogP contribution in [0.4, 0.5) is 0 Å². The van der Waals surface area contributed by atoms with E-state index in [1.807, 2.05) is 63.2 Å². The first-order valence-corrected chi connectivity index (χ1v) is 13.3. The second-order valence-electron chi connectivity index (χ2n) is 9.87. The van der Waals surface area contributed by atoms with E-state index in [0.29, 0.717) is 25.0 Å². The van der Waals surface area contributed by atoms with Gasteiger partial charge in [-0.25, -0.2) is 0 Å². The summed E-state index contributed by atoms with van der Waals surface area (Å²) in [6.45, 7) is 6.23. The maximum absolute atomic E-state index is 12.2. The van der Waals surface area contributed by atoms with Crippen molar-refractivity contribution in [2.24, 2.45) is 5.41 Å². The second-order valence-corrected chi connectivity index (χ2v) is 9.87. The molecule has 0 saturated carbocycles. The van der Waals surface area contributed by atoms with Crippen LogP contribution in [0.2, 0.25) is 0 Å². The third-order valence-corrected chi connectivity index (χ3v) is 6.46. The molecular weight excluding hydrogens is 456 g/mol. The van der Waals surface area contributed by atoms with Gasteiger partial charge in [-0.05, 0) is 44.6 Å². The Morgan fingerprint density at radius 3 is 1.97 bits per heavy atom. The van der Waals surface area contributed by atoms with Gasteiger partial charge in [0.2, 0.25) is 0 Å². The third kappa shape index (κ3) is 10.8. The summed E-state index contributed by atoms with van der Waals surface area (Å²) in [4.78, 5) is 35.9. The molecule has 0 fully saturated rings. The molecule has 0 aliphatic carbocycles. The summed E-state index contributed by atoms with van der Waals surface area (Å²) in [5, 5.41) is 2.01. The van der Waals surface area contributed by atoms with Gasteiger partial charge in [-0.15, -0.1) is 0 Å². The number of fused-ring (bicyclic) bond motifs is 1. The number of esters is 3. The Hall–Kier alpha value is -2.89. The third-order valence-electron chi connectivity index (χ3n) is 6.46. The van der Waals surface area contributed by atoms with Gasteiger partial charge in [-0.2, -0.15) is 0 Å². The zero-order valence-corrected chi connectivity index (χ0v) is 22.2. The van der Waals surface area contributed by atoms with Crippen LogP contribution in [0, 0.1) is 5.41 Å². The lowest BCUT2D eigenvalue weighted by Gasteiger charge is -2.20. The van der Waals surface area contributed by atoms with Crippen molar-refractivity contribution in [3.05, 3.63) is 42.5 Å². The SMILES string of the molecule is CCC(C)(C)C(=O)OCCCOC(=O)CCCCCCCCCC(=O)Oc1cccc2ccccc12. The van der Waals surface area contributed by atoms with Crippen molar-refractivity contribution in [3.63, 3.8) is 0 Å². The molecule has 0 atom stereocenters. The lowest BCUT2D eigenvalue weighted by Crippen LogP contribution is -2.26. The molecule has 6 nitrogen and oxygen atoms in total. The molecule has 2 aromatic rings. The predicted molar refractivity (Wildman–Crippen MR) is 142 cm³/mol. The lowest BCUT2D eigenvalue weighted by molar-refractivity contribution is -0.154. The Labute approximate surface area is 215 Å². The van der Waals surface area contributed by atoms with Crippen LogP contribution in [0.5, 0.6) is 5.75 Å². The van der Waals surface area contributed by atoms with E-state index >= 15 is 0 Å². The quantitative estimate of drug-likeness (QED) is 0.131. The standard InChI is InChI=1S/C30H42O6/c1-4-30(2,3)29(33)35-23-15-22-34-27(31)20-10-8-6-5-7-9-11-21-28(32)36-26-19-14-17-24-16-12-13-18-25(24)26/h12-14,16-19H,4-11,15,20-23H2,1-3H3. The first kappa shape index (κ1) is 29.3. The van der Waals surface area contributed by atoms with Crippen molar-refractivity contribution in [2.75, 3.05) is 13.2 Å². The zero-order chi connectivity index (χ0) is 26.2. The average molecular weight is 499 g/mol. The molecule has 36 heavy (non-hydrogen) atoms. The van der Waals surface area contributed by atoms with Crippen molar-refractivity contribution in [2.45, 2.75) is 91.4 Å². The van der Waals surface area contributed by atoms with E-state index in [1.54, 1.807) is 0 Å². The maximum atomic E-state index is 12.2. The first-order valence-electron chi connectivity index (χ1n) is 13.3. The molecule has 0 saturated heterocycles. The average Bonchev–Trinajstić information content (AvgIpc) is 2.87. The number of ether oxygens (including phenoxy) is 3. The van der Waals surface area contributed by atoms with Crippen LogP contribution < -0.4 is 4.74 Å². The minimum Gasteiger partial charge on any atom is -0.466 e. The van der Waals surface area contributed by atoms with Crippen molar-refractivity contribution in [1.82, 2.24) is 0 Å². The molecule has 6 heteroatoms. The molecule has 0 spiro atoms. The molecule has 0 amide bonds. The summed E-state index contributed by atoms with van der Waals surface area (Å²) in [7, 11) is 0. The molecule has 0 radical (unpaired) electrons. The highest BCUT2D eigenvalue weighted by molar-refractivity contribution is 5.90. The Morgan fingerprint density at radius 1 is 0.694 bits per heavy atom. The van der Waals surface area contributed by atoms with Gasteiger partial charge in [0.1, 0.15) is 5.75 Å². The smallest absolute Gasteiger partial charge is 0.311 e. The van der Waals surface area contributed by atoms with E-state index in [9.17, 15) is 14.4 Å². The second kappa shape index (κ2) is 16.0. The number of carbonyl (C=O) groups is 3. The highest BCUT2D eigenvalue weighted by Crippen LogP contribution is 2.25. The van der Waals surface area contributed by atoms with E-state index in [4.69, 9.17) is 14.2 Å². The molecule has 198 valence electrons. The normalized spacial score (nSPS) is 11.3. The van der Waals surface area contributed by atoms with Crippen LogP contribution in [0.3, 0.4) is 0 Å².